The number of hydrogen-bond donors (Lipinski definition) is 2. The van der Waals surface area contributed by atoms with Gasteiger partial charge in [-0.3, -0.25) is 9.79 Å². The van der Waals surface area contributed by atoms with Gasteiger partial charge in [0.1, 0.15) is 0 Å². The van der Waals surface area contributed by atoms with E-state index in [0.29, 0.717) is 18.9 Å². The molecular formula is C16H24ClIN4O. The van der Waals surface area contributed by atoms with Gasteiger partial charge < -0.3 is 16.0 Å². The molecule has 1 aliphatic heterocycles. The van der Waals surface area contributed by atoms with Crippen molar-refractivity contribution in [2.24, 2.45) is 16.6 Å². The molecule has 1 amide bonds. The van der Waals surface area contributed by atoms with Gasteiger partial charge >= 0.3 is 0 Å². The molecule has 1 aromatic rings. The number of likely N-dealkylation sites (tertiary alicyclic amines) is 1. The number of carbonyl (C=O) groups is 1. The van der Waals surface area contributed by atoms with Crippen LogP contribution in [0.5, 0.6) is 0 Å². The van der Waals surface area contributed by atoms with Crippen molar-refractivity contribution in [3.8, 4) is 0 Å². The van der Waals surface area contributed by atoms with Crippen LogP contribution in [0.4, 0.5) is 0 Å². The maximum Gasteiger partial charge on any atom is 0.217 e. The summed E-state index contributed by atoms with van der Waals surface area (Å²) in [5, 5.41) is 4.09. The Bertz CT molecular complexity index is 553. The highest BCUT2D eigenvalue weighted by Gasteiger charge is 2.23. The minimum absolute atomic E-state index is 0. The fraction of sp³-hybridized carbons (Fsp3) is 0.500. The van der Waals surface area contributed by atoms with Crippen molar-refractivity contribution in [3.05, 3.63) is 34.9 Å². The summed E-state index contributed by atoms with van der Waals surface area (Å²) in [5.41, 5.74) is 6.42. The largest absolute Gasteiger partial charge is 0.370 e. The van der Waals surface area contributed by atoms with Crippen LogP contribution in [0.15, 0.2) is 29.3 Å². The third kappa shape index (κ3) is 6.55. The smallest absolute Gasteiger partial charge is 0.217 e. The van der Waals surface area contributed by atoms with Crippen LogP contribution < -0.4 is 11.1 Å². The Morgan fingerprint density at radius 3 is 2.96 bits per heavy atom. The summed E-state index contributed by atoms with van der Waals surface area (Å²) in [4.78, 5) is 17.6. The molecule has 1 saturated heterocycles. The van der Waals surface area contributed by atoms with Gasteiger partial charge in [0.05, 0.1) is 0 Å². The summed E-state index contributed by atoms with van der Waals surface area (Å²) >= 11 is 6.00. The van der Waals surface area contributed by atoms with Crippen molar-refractivity contribution in [2.45, 2.75) is 25.8 Å². The van der Waals surface area contributed by atoms with Crippen LogP contribution >= 0.6 is 35.6 Å². The second-order valence-electron chi connectivity index (χ2n) is 5.66. The zero-order valence-electron chi connectivity index (χ0n) is 13.3. The summed E-state index contributed by atoms with van der Waals surface area (Å²) in [6.07, 6.45) is 2.54. The first-order valence-corrected chi connectivity index (χ1v) is 7.94. The molecule has 0 saturated carbocycles. The molecule has 0 spiro atoms. The summed E-state index contributed by atoms with van der Waals surface area (Å²) in [6, 6.07) is 7.76. The average molecular weight is 451 g/mol. The standard InChI is InChI=1S/C16H23ClN4O.HI/c1-19-16(20-10-12-4-2-6-14(17)8-12)21-7-3-5-13(11-21)9-15(18)22;/h2,4,6,8,13H,3,5,7,9-11H2,1H3,(H2,18,22)(H,19,20);1H. The number of carbonyl (C=O) groups excluding carboxylic acids is 1. The van der Waals surface area contributed by atoms with Gasteiger partial charge in [-0.15, -0.1) is 24.0 Å². The number of nitrogens with two attached hydrogens (primary N) is 1. The molecule has 5 nitrogen and oxygen atoms in total. The van der Waals surface area contributed by atoms with E-state index in [-0.39, 0.29) is 29.9 Å². The SMILES string of the molecule is CN=C(NCc1cccc(Cl)c1)N1CCCC(CC(N)=O)C1.I. The maximum absolute atomic E-state index is 11.1. The van der Waals surface area contributed by atoms with Crippen molar-refractivity contribution >= 4 is 47.4 Å². The molecule has 0 aromatic heterocycles. The molecule has 0 bridgehead atoms. The number of nitrogens with zero attached hydrogens (tertiary/aromatic N) is 2. The van der Waals surface area contributed by atoms with E-state index < -0.39 is 0 Å². The summed E-state index contributed by atoms with van der Waals surface area (Å²) in [7, 11) is 1.78. The van der Waals surface area contributed by atoms with E-state index in [2.05, 4.69) is 15.2 Å². The molecule has 7 heteroatoms. The van der Waals surface area contributed by atoms with Gasteiger partial charge in [-0.1, -0.05) is 23.7 Å². The lowest BCUT2D eigenvalue weighted by molar-refractivity contribution is -0.119. The van der Waals surface area contributed by atoms with Crippen molar-refractivity contribution in [3.63, 3.8) is 0 Å². The number of nitrogens with one attached hydrogen (secondary N) is 1. The fourth-order valence-electron chi connectivity index (χ4n) is 2.87. The highest BCUT2D eigenvalue weighted by molar-refractivity contribution is 14.0. The second-order valence-corrected chi connectivity index (χ2v) is 6.09. The number of rotatable bonds is 4. The minimum Gasteiger partial charge on any atom is -0.370 e. The molecule has 3 N–H and O–H groups in total. The Balaban J connectivity index is 0.00000264. The number of halogens is 2. The van der Waals surface area contributed by atoms with Gasteiger partial charge in [0.15, 0.2) is 5.96 Å². The van der Waals surface area contributed by atoms with E-state index in [9.17, 15) is 4.79 Å². The summed E-state index contributed by atoms with van der Waals surface area (Å²) in [6.45, 7) is 2.44. The zero-order chi connectivity index (χ0) is 15.9. The molecule has 1 heterocycles. The first-order chi connectivity index (χ1) is 10.6. The van der Waals surface area contributed by atoms with Gasteiger partial charge in [0.25, 0.3) is 0 Å². The van der Waals surface area contributed by atoms with E-state index in [1.807, 2.05) is 24.3 Å². The molecule has 1 fully saturated rings. The Kier molecular flexibility index (Phi) is 8.68. The topological polar surface area (TPSA) is 70.7 Å². The number of aliphatic imine (C=N–C) groups is 1. The van der Waals surface area contributed by atoms with Gasteiger partial charge in [-0.25, -0.2) is 0 Å². The monoisotopic (exact) mass is 450 g/mol. The molecule has 0 aliphatic carbocycles. The van der Waals surface area contributed by atoms with Crippen LogP contribution in [0, 0.1) is 5.92 Å². The number of guanidine groups is 1. The number of amides is 1. The molecule has 1 aliphatic rings. The summed E-state index contributed by atoms with van der Waals surface area (Å²) in [5.74, 6) is 0.943. The molecule has 2 rings (SSSR count). The Morgan fingerprint density at radius 1 is 1.52 bits per heavy atom. The molecule has 1 atom stereocenters. The van der Waals surface area contributed by atoms with E-state index >= 15 is 0 Å². The van der Waals surface area contributed by atoms with Crippen molar-refractivity contribution in [1.82, 2.24) is 10.2 Å². The van der Waals surface area contributed by atoms with Crippen LogP contribution in [0.3, 0.4) is 0 Å². The van der Waals surface area contributed by atoms with Crippen LogP contribution in [-0.4, -0.2) is 36.9 Å². The third-order valence-electron chi connectivity index (χ3n) is 3.86. The highest BCUT2D eigenvalue weighted by atomic mass is 127. The molecule has 1 aromatic carbocycles. The fourth-order valence-corrected chi connectivity index (χ4v) is 3.08. The van der Waals surface area contributed by atoms with E-state index in [4.69, 9.17) is 17.3 Å². The van der Waals surface area contributed by atoms with Crippen molar-refractivity contribution < 1.29 is 4.79 Å². The van der Waals surface area contributed by atoms with E-state index in [1.165, 1.54) is 0 Å². The van der Waals surface area contributed by atoms with E-state index in [1.54, 1.807) is 7.05 Å². The van der Waals surface area contributed by atoms with Crippen molar-refractivity contribution in [2.75, 3.05) is 20.1 Å². The minimum atomic E-state index is -0.228. The van der Waals surface area contributed by atoms with Crippen LogP contribution in [-0.2, 0) is 11.3 Å². The molecule has 23 heavy (non-hydrogen) atoms. The lowest BCUT2D eigenvalue weighted by Gasteiger charge is -2.34. The van der Waals surface area contributed by atoms with Crippen LogP contribution in [0.25, 0.3) is 0 Å². The lowest BCUT2D eigenvalue weighted by atomic mass is 9.95. The summed E-state index contributed by atoms with van der Waals surface area (Å²) < 4.78 is 0. The predicted molar refractivity (Wildman–Crippen MR) is 105 cm³/mol. The van der Waals surface area contributed by atoms with Crippen LogP contribution in [0.1, 0.15) is 24.8 Å². The van der Waals surface area contributed by atoms with E-state index in [0.717, 1.165) is 42.5 Å². The normalized spacial score (nSPS) is 18.3. The molecule has 0 radical (unpaired) electrons. The average Bonchev–Trinajstić information content (AvgIpc) is 2.48. The number of benzene rings is 1. The Labute approximate surface area is 159 Å². The highest BCUT2D eigenvalue weighted by Crippen LogP contribution is 2.19. The predicted octanol–water partition coefficient (Wildman–Crippen LogP) is 2.62. The van der Waals surface area contributed by atoms with Gasteiger partial charge in [0.2, 0.25) is 5.91 Å². The quantitative estimate of drug-likeness (QED) is 0.421. The first-order valence-electron chi connectivity index (χ1n) is 7.57. The van der Waals surface area contributed by atoms with Gasteiger partial charge in [0, 0.05) is 38.1 Å². The van der Waals surface area contributed by atoms with Crippen molar-refractivity contribution in [1.29, 1.82) is 0 Å². The third-order valence-corrected chi connectivity index (χ3v) is 4.09. The number of primary amides is 1. The molecule has 128 valence electrons. The van der Waals surface area contributed by atoms with Gasteiger partial charge in [-0.2, -0.15) is 0 Å². The number of piperidine rings is 1. The maximum atomic E-state index is 11.1. The Hall–Kier alpha value is -1.02. The zero-order valence-corrected chi connectivity index (χ0v) is 16.4. The number of hydrogen-bond acceptors (Lipinski definition) is 2. The Morgan fingerprint density at radius 2 is 2.30 bits per heavy atom. The van der Waals surface area contributed by atoms with Crippen LogP contribution in [0.2, 0.25) is 5.02 Å². The molecular weight excluding hydrogens is 427 g/mol. The first kappa shape index (κ1) is 20.0. The molecule has 1 unspecified atom stereocenters. The second kappa shape index (κ2) is 9.97. The van der Waals surface area contributed by atoms with Gasteiger partial charge in [-0.05, 0) is 36.5 Å². The lowest BCUT2D eigenvalue weighted by Crippen LogP contribution is -2.46.